The van der Waals surface area contributed by atoms with Crippen LogP contribution in [0.1, 0.15) is 12.5 Å². The summed E-state index contributed by atoms with van der Waals surface area (Å²) in [5, 5.41) is 9.49. The lowest BCUT2D eigenvalue weighted by Crippen LogP contribution is -2.24. The fraction of sp³-hybridized carbons (Fsp3) is 0.316. The molecule has 0 saturated carbocycles. The number of hydrogen-bond donors (Lipinski definition) is 3. The molecule has 3 N–H and O–H groups in total. The van der Waals surface area contributed by atoms with Gasteiger partial charge in [-0.15, -0.1) is 0 Å². The Kier molecular flexibility index (Phi) is 7.29. The average molecular weight is 425 g/mol. The SMILES string of the molecule is CCNc1ccc(S(=O)(=O)N(C)C)cc1NCC(=O)Nc1ccc(C)c(Cl)c1. The first-order valence-corrected chi connectivity index (χ1v) is 10.6. The van der Waals surface area contributed by atoms with E-state index in [0.29, 0.717) is 28.6 Å². The fourth-order valence-corrected chi connectivity index (χ4v) is 3.55. The van der Waals surface area contributed by atoms with E-state index in [1.807, 2.05) is 19.9 Å². The van der Waals surface area contributed by atoms with E-state index in [1.54, 1.807) is 18.2 Å². The highest BCUT2D eigenvalue weighted by Crippen LogP contribution is 2.26. The van der Waals surface area contributed by atoms with Crippen molar-refractivity contribution in [1.29, 1.82) is 0 Å². The molecule has 2 aromatic carbocycles. The molecule has 0 atom stereocenters. The Morgan fingerprint density at radius 2 is 1.79 bits per heavy atom. The van der Waals surface area contributed by atoms with E-state index in [-0.39, 0.29) is 17.3 Å². The second-order valence-electron chi connectivity index (χ2n) is 6.39. The Labute approximate surface area is 171 Å². The molecule has 152 valence electrons. The second-order valence-corrected chi connectivity index (χ2v) is 8.95. The number of carbonyl (C=O) groups is 1. The molecule has 2 rings (SSSR count). The van der Waals surface area contributed by atoms with Crippen LogP contribution in [0, 0.1) is 6.92 Å². The molecular weight excluding hydrogens is 400 g/mol. The molecule has 0 aliphatic rings. The number of nitrogens with one attached hydrogen (secondary N) is 3. The highest BCUT2D eigenvalue weighted by Gasteiger charge is 2.19. The quantitative estimate of drug-likeness (QED) is 0.604. The van der Waals surface area contributed by atoms with Gasteiger partial charge in [0.1, 0.15) is 0 Å². The Balaban J connectivity index is 2.16. The first kappa shape index (κ1) is 22.0. The third-order valence-electron chi connectivity index (χ3n) is 4.03. The Morgan fingerprint density at radius 3 is 2.39 bits per heavy atom. The standard InChI is InChI=1S/C19H25ClN4O3S/c1-5-21-17-9-8-15(28(26,27)24(3)4)11-18(17)22-12-19(25)23-14-7-6-13(2)16(20)10-14/h6-11,21-22H,5,12H2,1-4H3,(H,23,25). The first-order valence-electron chi connectivity index (χ1n) is 8.75. The van der Waals surface area contributed by atoms with Gasteiger partial charge in [-0.2, -0.15) is 0 Å². The minimum absolute atomic E-state index is 0.0324. The molecule has 0 aromatic heterocycles. The molecule has 0 saturated heterocycles. The van der Waals surface area contributed by atoms with E-state index in [9.17, 15) is 13.2 Å². The molecule has 9 heteroatoms. The molecule has 28 heavy (non-hydrogen) atoms. The maximum atomic E-state index is 12.4. The highest BCUT2D eigenvalue weighted by atomic mass is 35.5. The summed E-state index contributed by atoms with van der Waals surface area (Å²) in [6, 6.07) is 10.0. The molecule has 0 aliphatic carbocycles. The van der Waals surface area contributed by atoms with E-state index < -0.39 is 10.0 Å². The summed E-state index contributed by atoms with van der Waals surface area (Å²) in [5.74, 6) is -0.275. The van der Waals surface area contributed by atoms with Crippen LogP contribution < -0.4 is 16.0 Å². The van der Waals surface area contributed by atoms with Crippen LogP contribution in [0.2, 0.25) is 5.02 Å². The zero-order chi connectivity index (χ0) is 20.9. The topological polar surface area (TPSA) is 90.5 Å². The average Bonchev–Trinajstić information content (AvgIpc) is 2.64. The summed E-state index contributed by atoms with van der Waals surface area (Å²) in [7, 11) is -0.631. The van der Waals surface area contributed by atoms with Gasteiger partial charge in [-0.1, -0.05) is 17.7 Å². The second kappa shape index (κ2) is 9.27. The van der Waals surface area contributed by atoms with Crippen LogP contribution in [-0.4, -0.2) is 45.8 Å². The number of nitrogens with zero attached hydrogens (tertiary/aromatic N) is 1. The van der Waals surface area contributed by atoms with Crippen molar-refractivity contribution >= 4 is 44.6 Å². The zero-order valence-electron chi connectivity index (χ0n) is 16.3. The van der Waals surface area contributed by atoms with Gasteiger partial charge in [-0.25, -0.2) is 12.7 Å². The third kappa shape index (κ3) is 5.37. The Bertz CT molecular complexity index is 962. The van der Waals surface area contributed by atoms with Gasteiger partial charge in [0.25, 0.3) is 0 Å². The van der Waals surface area contributed by atoms with E-state index in [0.717, 1.165) is 9.87 Å². The molecule has 0 bridgehead atoms. The van der Waals surface area contributed by atoms with Gasteiger partial charge in [-0.3, -0.25) is 4.79 Å². The van der Waals surface area contributed by atoms with Crippen molar-refractivity contribution in [2.75, 3.05) is 43.1 Å². The van der Waals surface area contributed by atoms with Crippen molar-refractivity contribution in [2.24, 2.45) is 0 Å². The van der Waals surface area contributed by atoms with Crippen molar-refractivity contribution in [3.8, 4) is 0 Å². The predicted molar refractivity (Wildman–Crippen MR) is 115 cm³/mol. The number of sulfonamides is 1. The smallest absolute Gasteiger partial charge is 0.243 e. The van der Waals surface area contributed by atoms with Gasteiger partial charge in [-0.05, 0) is 49.7 Å². The van der Waals surface area contributed by atoms with E-state index >= 15 is 0 Å². The van der Waals surface area contributed by atoms with Gasteiger partial charge in [0.05, 0.1) is 22.8 Å². The number of rotatable bonds is 8. The predicted octanol–water partition coefficient (Wildman–Crippen LogP) is 3.38. The maximum Gasteiger partial charge on any atom is 0.243 e. The van der Waals surface area contributed by atoms with Crippen molar-refractivity contribution in [3.63, 3.8) is 0 Å². The lowest BCUT2D eigenvalue weighted by Gasteiger charge is -2.17. The third-order valence-corrected chi connectivity index (χ3v) is 6.25. The fourth-order valence-electron chi connectivity index (χ4n) is 2.44. The van der Waals surface area contributed by atoms with Crippen molar-refractivity contribution in [2.45, 2.75) is 18.7 Å². The van der Waals surface area contributed by atoms with Gasteiger partial charge < -0.3 is 16.0 Å². The number of halogens is 1. The van der Waals surface area contributed by atoms with Gasteiger partial charge in [0, 0.05) is 31.4 Å². The molecular formula is C19H25ClN4O3S. The molecule has 7 nitrogen and oxygen atoms in total. The van der Waals surface area contributed by atoms with Gasteiger partial charge in [0.2, 0.25) is 15.9 Å². The van der Waals surface area contributed by atoms with Crippen molar-refractivity contribution in [1.82, 2.24) is 4.31 Å². The molecule has 1 amide bonds. The van der Waals surface area contributed by atoms with E-state index in [2.05, 4.69) is 16.0 Å². The molecule has 0 fully saturated rings. The summed E-state index contributed by atoms with van der Waals surface area (Å²) in [6.45, 7) is 4.44. The maximum absolute atomic E-state index is 12.4. The zero-order valence-corrected chi connectivity index (χ0v) is 17.9. The summed E-state index contributed by atoms with van der Waals surface area (Å²) < 4.78 is 25.9. The van der Waals surface area contributed by atoms with Crippen LogP contribution in [-0.2, 0) is 14.8 Å². The van der Waals surface area contributed by atoms with Crippen LogP contribution >= 0.6 is 11.6 Å². The van der Waals surface area contributed by atoms with Crippen LogP contribution in [0.5, 0.6) is 0 Å². The molecule has 0 spiro atoms. The van der Waals surface area contributed by atoms with Crippen LogP contribution in [0.15, 0.2) is 41.3 Å². The number of amides is 1. The molecule has 0 aliphatic heterocycles. The van der Waals surface area contributed by atoms with Crippen LogP contribution in [0.25, 0.3) is 0 Å². The van der Waals surface area contributed by atoms with E-state index in [4.69, 9.17) is 11.6 Å². The lowest BCUT2D eigenvalue weighted by molar-refractivity contribution is -0.114. The monoisotopic (exact) mass is 424 g/mol. The van der Waals surface area contributed by atoms with Crippen LogP contribution in [0.3, 0.4) is 0 Å². The molecule has 0 radical (unpaired) electrons. The first-order chi connectivity index (χ1) is 13.1. The number of aryl methyl sites for hydroxylation is 1. The van der Waals surface area contributed by atoms with E-state index in [1.165, 1.54) is 26.2 Å². The molecule has 2 aromatic rings. The number of hydrogen-bond acceptors (Lipinski definition) is 5. The normalized spacial score (nSPS) is 11.4. The van der Waals surface area contributed by atoms with Gasteiger partial charge in [0.15, 0.2) is 0 Å². The van der Waals surface area contributed by atoms with Crippen LogP contribution in [0.4, 0.5) is 17.1 Å². The minimum atomic E-state index is -3.58. The summed E-state index contributed by atoms with van der Waals surface area (Å²) in [5.41, 5.74) is 2.76. The lowest BCUT2D eigenvalue weighted by atomic mass is 10.2. The van der Waals surface area contributed by atoms with Crippen molar-refractivity contribution < 1.29 is 13.2 Å². The number of benzene rings is 2. The number of anilines is 3. The Hall–Kier alpha value is -2.29. The van der Waals surface area contributed by atoms with Gasteiger partial charge >= 0.3 is 0 Å². The Morgan fingerprint density at radius 1 is 1.07 bits per heavy atom. The van der Waals surface area contributed by atoms with Crippen molar-refractivity contribution in [3.05, 3.63) is 47.0 Å². The summed E-state index contributed by atoms with van der Waals surface area (Å²) >= 11 is 6.08. The largest absolute Gasteiger partial charge is 0.384 e. The summed E-state index contributed by atoms with van der Waals surface area (Å²) in [4.78, 5) is 12.4. The molecule has 0 unspecified atom stereocenters. The summed E-state index contributed by atoms with van der Waals surface area (Å²) in [6.07, 6.45) is 0. The minimum Gasteiger partial charge on any atom is -0.384 e. The highest BCUT2D eigenvalue weighted by molar-refractivity contribution is 7.89. The molecule has 0 heterocycles. The number of carbonyl (C=O) groups excluding carboxylic acids is 1.